The predicted molar refractivity (Wildman–Crippen MR) is 51.1 cm³/mol. The maximum absolute atomic E-state index is 11.5. The molecule has 0 aromatic carbocycles. The van der Waals surface area contributed by atoms with Crippen molar-refractivity contribution in [3.63, 3.8) is 0 Å². The molecule has 0 radical (unpaired) electrons. The molecule has 0 aliphatic heterocycles. The summed E-state index contributed by atoms with van der Waals surface area (Å²) in [4.78, 5) is 11.5. The lowest BCUT2D eigenvalue weighted by Gasteiger charge is -2.22. The molecule has 0 amide bonds. The van der Waals surface area contributed by atoms with Crippen LogP contribution >= 0.6 is 0 Å². The van der Waals surface area contributed by atoms with Gasteiger partial charge in [-0.05, 0) is 17.8 Å². The van der Waals surface area contributed by atoms with E-state index < -0.39 is 0 Å². The molecule has 3 heteroatoms. The average molecular weight is 185 g/mol. The van der Waals surface area contributed by atoms with Crippen LogP contribution in [-0.4, -0.2) is 19.6 Å². The van der Waals surface area contributed by atoms with Crippen LogP contribution < -0.4 is 5.73 Å². The summed E-state index contributed by atoms with van der Waals surface area (Å²) in [7, 11) is 1.43. The smallest absolute Gasteiger partial charge is 0.313 e. The van der Waals surface area contributed by atoms with Gasteiger partial charge in [-0.1, -0.05) is 20.8 Å². The van der Waals surface area contributed by atoms with E-state index in [0.717, 1.165) is 6.42 Å². The zero-order valence-electron chi connectivity index (χ0n) is 8.89. The zero-order chi connectivity index (χ0) is 10.3. The molecular formula is C10H19NO2. The predicted octanol–water partition coefficient (Wildman–Crippen LogP) is 1.17. The monoisotopic (exact) mass is 185 g/mol. The van der Waals surface area contributed by atoms with Crippen LogP contribution in [0.3, 0.4) is 0 Å². The second kappa shape index (κ2) is 2.98. The van der Waals surface area contributed by atoms with Crippen molar-refractivity contribution in [3.8, 4) is 0 Å². The van der Waals surface area contributed by atoms with Gasteiger partial charge in [0.2, 0.25) is 0 Å². The first kappa shape index (κ1) is 10.5. The summed E-state index contributed by atoms with van der Waals surface area (Å²) in [5.41, 5.74) is 5.40. The van der Waals surface area contributed by atoms with Gasteiger partial charge in [0.25, 0.3) is 0 Å². The minimum absolute atomic E-state index is 0.144. The molecular weight excluding hydrogens is 166 g/mol. The van der Waals surface area contributed by atoms with Crippen molar-refractivity contribution in [2.45, 2.75) is 27.2 Å². The molecule has 0 saturated heterocycles. The highest BCUT2D eigenvalue weighted by atomic mass is 16.5. The third-order valence-corrected chi connectivity index (χ3v) is 3.08. The molecule has 1 rings (SSSR count). The highest BCUT2D eigenvalue weighted by molar-refractivity contribution is 5.81. The average Bonchev–Trinajstić information content (AvgIpc) is 2.78. The van der Waals surface area contributed by atoms with Crippen LogP contribution in [-0.2, 0) is 9.53 Å². The summed E-state index contributed by atoms with van der Waals surface area (Å²) in [5, 5.41) is 0. The topological polar surface area (TPSA) is 52.3 Å². The number of nitrogens with two attached hydrogens (primary N) is 1. The van der Waals surface area contributed by atoms with Crippen LogP contribution in [0.5, 0.6) is 0 Å². The lowest BCUT2D eigenvalue weighted by atomic mass is 9.84. The molecule has 0 bridgehead atoms. The Bertz CT molecular complexity index is 219. The fourth-order valence-electron chi connectivity index (χ4n) is 2.18. The quantitative estimate of drug-likeness (QED) is 0.657. The Morgan fingerprint density at radius 1 is 1.62 bits per heavy atom. The van der Waals surface area contributed by atoms with Crippen LogP contribution in [0, 0.1) is 16.7 Å². The summed E-state index contributed by atoms with van der Waals surface area (Å²) in [6, 6.07) is 0. The first-order chi connectivity index (χ1) is 5.88. The van der Waals surface area contributed by atoms with E-state index in [4.69, 9.17) is 10.5 Å². The Labute approximate surface area is 79.6 Å². The van der Waals surface area contributed by atoms with E-state index in [-0.39, 0.29) is 16.8 Å². The third kappa shape index (κ3) is 1.57. The van der Waals surface area contributed by atoms with Gasteiger partial charge in [-0.15, -0.1) is 0 Å². The van der Waals surface area contributed by atoms with Crippen LogP contribution in [0.2, 0.25) is 0 Å². The molecule has 3 nitrogen and oxygen atoms in total. The van der Waals surface area contributed by atoms with Gasteiger partial charge < -0.3 is 10.5 Å². The molecule has 2 unspecified atom stereocenters. The van der Waals surface area contributed by atoms with Crippen molar-refractivity contribution in [1.29, 1.82) is 0 Å². The minimum Gasteiger partial charge on any atom is -0.469 e. The molecule has 1 fully saturated rings. The maximum atomic E-state index is 11.5. The van der Waals surface area contributed by atoms with Crippen molar-refractivity contribution >= 4 is 5.97 Å². The summed E-state index contributed by atoms with van der Waals surface area (Å²) >= 11 is 0. The summed E-state index contributed by atoms with van der Waals surface area (Å²) in [5.74, 6) is 0.229. The highest BCUT2D eigenvalue weighted by Gasteiger charge is 2.63. The van der Waals surface area contributed by atoms with E-state index in [1.54, 1.807) is 0 Å². The SMILES string of the molecule is COC(=O)C1(CN)CC1C(C)(C)C. The number of methoxy groups -OCH3 is 1. The van der Waals surface area contributed by atoms with Crippen molar-refractivity contribution in [1.82, 2.24) is 0 Å². The third-order valence-electron chi connectivity index (χ3n) is 3.08. The molecule has 0 heterocycles. The molecule has 0 aromatic heterocycles. The van der Waals surface area contributed by atoms with E-state index in [1.165, 1.54) is 7.11 Å². The standard InChI is InChI=1S/C10H19NO2/c1-9(2,3)7-5-10(7,6-11)8(12)13-4/h7H,5-6,11H2,1-4H3. The van der Waals surface area contributed by atoms with Gasteiger partial charge in [0.1, 0.15) is 0 Å². The number of esters is 1. The second-order valence-electron chi connectivity index (χ2n) is 4.97. The second-order valence-corrected chi connectivity index (χ2v) is 4.97. The van der Waals surface area contributed by atoms with E-state index in [1.807, 2.05) is 0 Å². The normalized spacial score (nSPS) is 32.8. The van der Waals surface area contributed by atoms with E-state index in [0.29, 0.717) is 12.5 Å². The lowest BCUT2D eigenvalue weighted by molar-refractivity contribution is -0.147. The number of carbonyl (C=O) groups is 1. The van der Waals surface area contributed by atoms with Gasteiger partial charge in [-0.2, -0.15) is 0 Å². The van der Waals surface area contributed by atoms with E-state index in [2.05, 4.69) is 20.8 Å². The fraction of sp³-hybridized carbons (Fsp3) is 0.900. The number of ether oxygens (including phenoxy) is 1. The lowest BCUT2D eigenvalue weighted by Crippen LogP contribution is -2.31. The molecule has 0 aromatic rings. The van der Waals surface area contributed by atoms with E-state index in [9.17, 15) is 4.79 Å². The van der Waals surface area contributed by atoms with Crippen LogP contribution in [0.25, 0.3) is 0 Å². The van der Waals surface area contributed by atoms with Crippen LogP contribution in [0.1, 0.15) is 27.2 Å². The number of hydrogen-bond donors (Lipinski definition) is 1. The summed E-state index contributed by atoms with van der Waals surface area (Å²) < 4.78 is 4.77. The van der Waals surface area contributed by atoms with Crippen LogP contribution in [0.4, 0.5) is 0 Å². The van der Waals surface area contributed by atoms with Crippen molar-refractivity contribution in [3.05, 3.63) is 0 Å². The fourth-order valence-corrected chi connectivity index (χ4v) is 2.18. The molecule has 13 heavy (non-hydrogen) atoms. The van der Waals surface area contributed by atoms with Gasteiger partial charge >= 0.3 is 5.97 Å². The van der Waals surface area contributed by atoms with Crippen molar-refractivity contribution in [2.75, 3.05) is 13.7 Å². The minimum atomic E-state index is -0.382. The van der Waals surface area contributed by atoms with Gasteiger partial charge in [-0.3, -0.25) is 4.79 Å². The van der Waals surface area contributed by atoms with Gasteiger partial charge in [0, 0.05) is 6.54 Å². The molecule has 2 N–H and O–H groups in total. The number of hydrogen-bond acceptors (Lipinski definition) is 3. The largest absolute Gasteiger partial charge is 0.469 e. The first-order valence-electron chi connectivity index (χ1n) is 4.67. The molecule has 1 aliphatic rings. The van der Waals surface area contributed by atoms with Crippen molar-refractivity contribution < 1.29 is 9.53 Å². The number of rotatable bonds is 2. The Morgan fingerprint density at radius 2 is 2.15 bits per heavy atom. The Kier molecular flexibility index (Phi) is 2.41. The zero-order valence-corrected chi connectivity index (χ0v) is 8.89. The Hall–Kier alpha value is -0.570. The summed E-state index contributed by atoms with van der Waals surface area (Å²) in [6.07, 6.45) is 0.875. The first-order valence-corrected chi connectivity index (χ1v) is 4.67. The van der Waals surface area contributed by atoms with Crippen LogP contribution in [0.15, 0.2) is 0 Å². The molecule has 76 valence electrons. The van der Waals surface area contributed by atoms with Crippen molar-refractivity contribution in [2.24, 2.45) is 22.5 Å². The van der Waals surface area contributed by atoms with Gasteiger partial charge in [0.15, 0.2) is 0 Å². The molecule has 1 aliphatic carbocycles. The molecule has 1 saturated carbocycles. The number of carbonyl (C=O) groups excluding carboxylic acids is 1. The molecule has 2 atom stereocenters. The van der Waals surface area contributed by atoms with E-state index >= 15 is 0 Å². The Balaban J connectivity index is 2.75. The van der Waals surface area contributed by atoms with Gasteiger partial charge in [-0.25, -0.2) is 0 Å². The highest BCUT2D eigenvalue weighted by Crippen LogP contribution is 2.60. The molecule has 0 spiro atoms. The Morgan fingerprint density at radius 3 is 2.38 bits per heavy atom. The maximum Gasteiger partial charge on any atom is 0.313 e. The van der Waals surface area contributed by atoms with Gasteiger partial charge in [0.05, 0.1) is 12.5 Å². The summed E-state index contributed by atoms with van der Waals surface area (Å²) in [6.45, 7) is 6.82.